The minimum Gasteiger partial charge on any atom is -0.348 e. The van der Waals surface area contributed by atoms with Gasteiger partial charge >= 0.3 is 0 Å². The van der Waals surface area contributed by atoms with Gasteiger partial charge in [0.25, 0.3) is 0 Å². The molecule has 2 unspecified atom stereocenters. The second-order valence-corrected chi connectivity index (χ2v) is 5.46. The molecule has 5 nitrogen and oxygen atoms in total. The van der Waals surface area contributed by atoms with Crippen LogP contribution in [-0.4, -0.2) is 15.7 Å². The third-order valence-corrected chi connectivity index (χ3v) is 3.60. The lowest BCUT2D eigenvalue weighted by Gasteiger charge is -2.17. The summed E-state index contributed by atoms with van der Waals surface area (Å²) in [5.74, 6) is -0.186. The van der Waals surface area contributed by atoms with Gasteiger partial charge < -0.3 is 11.1 Å². The number of hydrogen-bond acceptors (Lipinski definition) is 3. The second kappa shape index (κ2) is 6.10. The van der Waals surface area contributed by atoms with Crippen LogP contribution in [0.25, 0.3) is 0 Å². The van der Waals surface area contributed by atoms with Crippen molar-refractivity contribution in [1.29, 1.82) is 0 Å². The minimum absolute atomic E-state index is 0.123. The highest BCUT2D eigenvalue weighted by Gasteiger charge is 2.20. The first-order valence-electron chi connectivity index (χ1n) is 7.01. The highest BCUT2D eigenvalue weighted by molar-refractivity contribution is 5.83. The Bertz CT molecular complexity index is 630. The molecule has 0 aliphatic carbocycles. The fourth-order valence-corrected chi connectivity index (χ4v) is 2.35. The SMILES string of the molecule is Cc1ccc(C(N)C(=O)NC(C)c2cn(C)nc2C)cc1. The fourth-order valence-electron chi connectivity index (χ4n) is 2.35. The van der Waals surface area contributed by atoms with Gasteiger partial charge in [-0.25, -0.2) is 0 Å². The summed E-state index contributed by atoms with van der Waals surface area (Å²) < 4.78 is 1.74. The summed E-state index contributed by atoms with van der Waals surface area (Å²) >= 11 is 0. The average Bonchev–Trinajstić information content (AvgIpc) is 2.77. The molecule has 0 bridgehead atoms. The zero-order valence-corrected chi connectivity index (χ0v) is 12.9. The first-order chi connectivity index (χ1) is 9.88. The largest absolute Gasteiger partial charge is 0.348 e. The van der Waals surface area contributed by atoms with E-state index in [2.05, 4.69) is 10.4 Å². The van der Waals surface area contributed by atoms with Crippen LogP contribution in [0.15, 0.2) is 30.5 Å². The van der Waals surface area contributed by atoms with E-state index in [9.17, 15) is 4.79 Å². The molecule has 0 spiro atoms. The molecule has 0 saturated heterocycles. The van der Waals surface area contributed by atoms with E-state index in [1.54, 1.807) is 4.68 Å². The molecule has 0 radical (unpaired) electrons. The maximum absolute atomic E-state index is 12.3. The van der Waals surface area contributed by atoms with Gasteiger partial charge in [-0.05, 0) is 26.3 Å². The number of nitrogens with zero attached hydrogens (tertiary/aromatic N) is 2. The summed E-state index contributed by atoms with van der Waals surface area (Å²) in [6.45, 7) is 5.87. The van der Waals surface area contributed by atoms with Gasteiger partial charge in [0.2, 0.25) is 5.91 Å². The Morgan fingerprint density at radius 3 is 2.43 bits per heavy atom. The molecule has 2 rings (SSSR count). The zero-order valence-electron chi connectivity index (χ0n) is 12.9. The number of nitrogens with one attached hydrogen (secondary N) is 1. The number of nitrogens with two attached hydrogens (primary N) is 1. The Morgan fingerprint density at radius 1 is 1.29 bits per heavy atom. The first-order valence-corrected chi connectivity index (χ1v) is 7.01. The van der Waals surface area contributed by atoms with Gasteiger partial charge in [-0.2, -0.15) is 5.10 Å². The van der Waals surface area contributed by atoms with E-state index in [0.717, 1.165) is 22.4 Å². The van der Waals surface area contributed by atoms with E-state index in [-0.39, 0.29) is 11.9 Å². The van der Waals surface area contributed by atoms with Crippen LogP contribution < -0.4 is 11.1 Å². The topological polar surface area (TPSA) is 72.9 Å². The van der Waals surface area contributed by atoms with E-state index < -0.39 is 6.04 Å². The maximum atomic E-state index is 12.3. The van der Waals surface area contributed by atoms with Crippen molar-refractivity contribution in [3.8, 4) is 0 Å². The summed E-state index contributed by atoms with van der Waals surface area (Å²) in [7, 11) is 1.86. The van der Waals surface area contributed by atoms with Gasteiger partial charge in [-0.1, -0.05) is 29.8 Å². The maximum Gasteiger partial charge on any atom is 0.241 e. The number of benzene rings is 1. The van der Waals surface area contributed by atoms with Crippen LogP contribution >= 0.6 is 0 Å². The Morgan fingerprint density at radius 2 is 1.90 bits per heavy atom. The molecule has 0 aliphatic rings. The predicted molar refractivity (Wildman–Crippen MR) is 82.6 cm³/mol. The molecule has 1 aromatic carbocycles. The fraction of sp³-hybridized carbons (Fsp3) is 0.375. The third-order valence-electron chi connectivity index (χ3n) is 3.60. The molecular formula is C16H22N4O. The van der Waals surface area contributed by atoms with Crippen LogP contribution in [0.4, 0.5) is 0 Å². The van der Waals surface area contributed by atoms with Crippen molar-refractivity contribution in [2.45, 2.75) is 32.9 Å². The lowest BCUT2D eigenvalue weighted by atomic mass is 10.0. The molecule has 2 atom stereocenters. The van der Waals surface area contributed by atoms with Crippen LogP contribution in [0, 0.1) is 13.8 Å². The van der Waals surface area contributed by atoms with Crippen LogP contribution in [0.5, 0.6) is 0 Å². The molecule has 3 N–H and O–H groups in total. The van der Waals surface area contributed by atoms with E-state index in [4.69, 9.17) is 5.73 Å². The monoisotopic (exact) mass is 286 g/mol. The van der Waals surface area contributed by atoms with E-state index in [0.29, 0.717) is 0 Å². The van der Waals surface area contributed by atoms with Crippen molar-refractivity contribution in [2.75, 3.05) is 0 Å². The summed E-state index contributed by atoms with van der Waals surface area (Å²) in [6.07, 6.45) is 1.91. The molecule has 112 valence electrons. The van der Waals surface area contributed by atoms with E-state index >= 15 is 0 Å². The Labute approximate surface area is 125 Å². The Balaban J connectivity index is 2.06. The van der Waals surface area contributed by atoms with E-state index in [1.807, 2.05) is 58.3 Å². The van der Waals surface area contributed by atoms with Crippen molar-refractivity contribution in [2.24, 2.45) is 12.8 Å². The molecule has 2 aromatic rings. The van der Waals surface area contributed by atoms with E-state index in [1.165, 1.54) is 0 Å². The summed E-state index contributed by atoms with van der Waals surface area (Å²) in [5.41, 5.74) is 9.90. The van der Waals surface area contributed by atoms with Gasteiger partial charge in [0.1, 0.15) is 6.04 Å². The van der Waals surface area contributed by atoms with Crippen molar-refractivity contribution >= 4 is 5.91 Å². The molecule has 1 amide bonds. The van der Waals surface area contributed by atoms with Crippen LogP contribution in [0.2, 0.25) is 0 Å². The smallest absolute Gasteiger partial charge is 0.241 e. The number of aryl methyl sites for hydroxylation is 3. The molecule has 1 heterocycles. The molecule has 0 saturated carbocycles. The number of carbonyl (C=O) groups excluding carboxylic acids is 1. The first kappa shape index (κ1) is 15.3. The van der Waals surface area contributed by atoms with Crippen LogP contribution in [0.1, 0.15) is 41.4 Å². The quantitative estimate of drug-likeness (QED) is 0.901. The summed E-state index contributed by atoms with van der Waals surface area (Å²) in [5, 5.41) is 7.23. The number of aromatic nitrogens is 2. The van der Waals surface area contributed by atoms with Gasteiger partial charge in [0.15, 0.2) is 0 Å². The molecule has 0 aliphatic heterocycles. The lowest BCUT2D eigenvalue weighted by Crippen LogP contribution is -2.35. The highest BCUT2D eigenvalue weighted by atomic mass is 16.2. The summed E-state index contributed by atoms with van der Waals surface area (Å²) in [4.78, 5) is 12.3. The van der Waals surface area contributed by atoms with Crippen molar-refractivity contribution in [1.82, 2.24) is 15.1 Å². The predicted octanol–water partition coefficient (Wildman–Crippen LogP) is 1.91. The Hall–Kier alpha value is -2.14. The van der Waals surface area contributed by atoms with Gasteiger partial charge in [-0.3, -0.25) is 9.48 Å². The number of hydrogen-bond donors (Lipinski definition) is 2. The van der Waals surface area contributed by atoms with Crippen LogP contribution in [-0.2, 0) is 11.8 Å². The standard InChI is InChI=1S/C16H22N4O/c1-10-5-7-13(8-6-10)15(17)16(21)18-11(2)14-9-20(4)19-12(14)3/h5-9,11,15H,17H2,1-4H3,(H,18,21). The third kappa shape index (κ3) is 3.49. The molecule has 1 aromatic heterocycles. The summed E-state index contributed by atoms with van der Waals surface area (Å²) in [6, 6.07) is 6.90. The van der Waals surface area contributed by atoms with Crippen LogP contribution in [0.3, 0.4) is 0 Å². The van der Waals surface area contributed by atoms with Crippen molar-refractivity contribution in [3.05, 3.63) is 52.8 Å². The normalized spacial score (nSPS) is 13.8. The molecule has 5 heteroatoms. The highest BCUT2D eigenvalue weighted by Crippen LogP contribution is 2.18. The van der Waals surface area contributed by atoms with Gasteiger partial charge in [0, 0.05) is 18.8 Å². The van der Waals surface area contributed by atoms with Gasteiger partial charge in [-0.15, -0.1) is 0 Å². The zero-order chi connectivity index (χ0) is 15.6. The number of amides is 1. The second-order valence-electron chi connectivity index (χ2n) is 5.46. The van der Waals surface area contributed by atoms with Crippen molar-refractivity contribution in [3.63, 3.8) is 0 Å². The Kier molecular flexibility index (Phi) is 4.43. The minimum atomic E-state index is -0.662. The lowest BCUT2D eigenvalue weighted by molar-refractivity contribution is -0.123. The molecule has 0 fully saturated rings. The number of rotatable bonds is 4. The molecule has 21 heavy (non-hydrogen) atoms. The number of carbonyl (C=O) groups is 1. The molecular weight excluding hydrogens is 264 g/mol. The van der Waals surface area contributed by atoms with Gasteiger partial charge in [0.05, 0.1) is 11.7 Å². The average molecular weight is 286 g/mol. The van der Waals surface area contributed by atoms with Crippen molar-refractivity contribution < 1.29 is 4.79 Å².